The summed E-state index contributed by atoms with van der Waals surface area (Å²) in [5.74, 6) is 0.604. The number of benzene rings is 1. The first-order valence-electron chi connectivity index (χ1n) is 9.69. The van der Waals surface area contributed by atoms with E-state index in [4.69, 9.17) is 0 Å². The van der Waals surface area contributed by atoms with Crippen molar-refractivity contribution in [2.45, 2.75) is 12.8 Å². The second kappa shape index (κ2) is 7.98. The zero-order valence-corrected chi connectivity index (χ0v) is 16.4. The van der Waals surface area contributed by atoms with Gasteiger partial charge in [0.15, 0.2) is 5.65 Å². The maximum atomic E-state index is 12.5. The summed E-state index contributed by atoms with van der Waals surface area (Å²) in [6, 6.07) is 9.84. The molecule has 7 nitrogen and oxygen atoms in total. The van der Waals surface area contributed by atoms with Crippen LogP contribution in [0.5, 0.6) is 0 Å². The lowest BCUT2D eigenvalue weighted by molar-refractivity contribution is 0.102. The molecule has 0 unspecified atom stereocenters. The van der Waals surface area contributed by atoms with Crippen molar-refractivity contribution in [3.8, 4) is 0 Å². The van der Waals surface area contributed by atoms with Crippen LogP contribution in [0.2, 0.25) is 0 Å². The van der Waals surface area contributed by atoms with Crippen molar-refractivity contribution in [2.24, 2.45) is 5.92 Å². The van der Waals surface area contributed by atoms with Crippen molar-refractivity contribution < 1.29 is 4.79 Å². The minimum Gasteiger partial charge on any atom is -0.372 e. The largest absolute Gasteiger partial charge is 0.372 e. The Hall–Kier alpha value is -2.93. The number of aromatic amines is 1. The maximum absolute atomic E-state index is 12.5. The molecule has 0 radical (unpaired) electrons. The Morgan fingerprint density at radius 1 is 1.21 bits per heavy atom. The van der Waals surface area contributed by atoms with E-state index in [2.05, 4.69) is 56.3 Å². The smallest absolute Gasteiger partial charge is 0.257 e. The summed E-state index contributed by atoms with van der Waals surface area (Å²) in [5.41, 5.74) is 3.85. The average molecular weight is 378 g/mol. The van der Waals surface area contributed by atoms with Crippen molar-refractivity contribution in [3.63, 3.8) is 0 Å². The summed E-state index contributed by atoms with van der Waals surface area (Å²) in [5, 5.41) is 2.94. The molecule has 146 valence electrons. The number of carbonyl (C=O) groups is 1. The maximum Gasteiger partial charge on any atom is 0.257 e. The van der Waals surface area contributed by atoms with Crippen LogP contribution in [0.15, 0.2) is 42.9 Å². The highest BCUT2D eigenvalue weighted by molar-refractivity contribution is 6.05. The van der Waals surface area contributed by atoms with Crippen molar-refractivity contribution in [3.05, 3.63) is 48.4 Å². The first-order valence-corrected chi connectivity index (χ1v) is 9.69. The van der Waals surface area contributed by atoms with Crippen molar-refractivity contribution >= 4 is 28.4 Å². The fourth-order valence-corrected chi connectivity index (χ4v) is 3.80. The third-order valence-electron chi connectivity index (χ3n) is 5.26. The first-order chi connectivity index (χ1) is 13.6. The minimum absolute atomic E-state index is 0.179. The molecule has 1 aliphatic rings. The van der Waals surface area contributed by atoms with E-state index in [0.717, 1.165) is 36.8 Å². The van der Waals surface area contributed by atoms with E-state index < -0.39 is 0 Å². The summed E-state index contributed by atoms with van der Waals surface area (Å²) < 4.78 is 0. The van der Waals surface area contributed by atoms with Crippen LogP contribution in [-0.4, -0.2) is 59.5 Å². The number of pyridine rings is 1. The number of piperidine rings is 1. The zero-order valence-electron chi connectivity index (χ0n) is 16.4. The fraction of sp³-hybridized carbons (Fsp3) is 0.381. The van der Waals surface area contributed by atoms with Gasteiger partial charge in [-0.1, -0.05) is 0 Å². The number of nitrogens with zero attached hydrogens (tertiary/aromatic N) is 4. The molecule has 0 saturated carbocycles. The highest BCUT2D eigenvalue weighted by Crippen LogP contribution is 2.25. The molecular formula is C21H26N6O. The van der Waals surface area contributed by atoms with Crippen molar-refractivity contribution in [1.82, 2.24) is 19.9 Å². The molecule has 1 saturated heterocycles. The van der Waals surface area contributed by atoms with Gasteiger partial charge in [0.05, 0.1) is 17.4 Å². The van der Waals surface area contributed by atoms with Gasteiger partial charge in [0.1, 0.15) is 0 Å². The Morgan fingerprint density at radius 3 is 2.68 bits per heavy atom. The molecule has 0 atom stereocenters. The molecule has 7 heteroatoms. The molecule has 28 heavy (non-hydrogen) atoms. The molecule has 0 spiro atoms. The van der Waals surface area contributed by atoms with E-state index in [0.29, 0.717) is 11.2 Å². The van der Waals surface area contributed by atoms with Crippen LogP contribution >= 0.6 is 0 Å². The number of nitrogens with one attached hydrogen (secondary N) is 2. The number of rotatable bonds is 5. The predicted octanol–water partition coefficient (Wildman–Crippen LogP) is 2.99. The molecule has 3 heterocycles. The molecular weight excluding hydrogens is 352 g/mol. The molecule has 1 aromatic carbocycles. The highest BCUT2D eigenvalue weighted by atomic mass is 16.1. The number of carbonyl (C=O) groups excluding carboxylic acids is 1. The van der Waals surface area contributed by atoms with E-state index in [1.807, 2.05) is 12.1 Å². The lowest BCUT2D eigenvalue weighted by Crippen LogP contribution is -2.37. The average Bonchev–Trinajstić information content (AvgIpc) is 3.16. The summed E-state index contributed by atoms with van der Waals surface area (Å²) in [4.78, 5) is 28.4. The topological polar surface area (TPSA) is 77.2 Å². The third kappa shape index (κ3) is 4.14. The number of fused-ring (bicyclic) bond motifs is 1. The van der Waals surface area contributed by atoms with E-state index >= 15 is 0 Å². The monoisotopic (exact) mass is 378 g/mol. The Labute approximate surface area is 164 Å². The highest BCUT2D eigenvalue weighted by Gasteiger charge is 2.20. The quantitative estimate of drug-likeness (QED) is 0.714. The number of amides is 1. The van der Waals surface area contributed by atoms with Crippen molar-refractivity contribution in [2.75, 3.05) is 43.9 Å². The van der Waals surface area contributed by atoms with Crippen LogP contribution < -0.4 is 10.2 Å². The normalized spacial score (nSPS) is 15.3. The van der Waals surface area contributed by atoms with Gasteiger partial charge in [-0.05, 0) is 63.2 Å². The molecule has 1 fully saturated rings. The van der Waals surface area contributed by atoms with Gasteiger partial charge in [-0.25, -0.2) is 9.97 Å². The molecule has 3 aromatic rings. The molecule has 1 aliphatic heterocycles. The van der Waals surface area contributed by atoms with Gasteiger partial charge in [0.2, 0.25) is 0 Å². The van der Waals surface area contributed by atoms with Gasteiger partial charge in [-0.2, -0.15) is 0 Å². The number of hydrogen-bond acceptors (Lipinski definition) is 5. The third-order valence-corrected chi connectivity index (χ3v) is 5.26. The zero-order chi connectivity index (χ0) is 19.5. The lowest BCUT2D eigenvalue weighted by Gasteiger charge is -2.34. The van der Waals surface area contributed by atoms with Gasteiger partial charge < -0.3 is 20.1 Å². The molecule has 4 rings (SSSR count). The van der Waals surface area contributed by atoms with Crippen LogP contribution in [-0.2, 0) is 0 Å². The fourth-order valence-electron chi connectivity index (χ4n) is 3.80. The number of H-pyrrole nitrogens is 1. The molecule has 2 aromatic heterocycles. The lowest BCUT2D eigenvalue weighted by atomic mass is 9.96. The second-order valence-electron chi connectivity index (χ2n) is 7.69. The Balaban J connectivity index is 1.36. The number of anilines is 2. The van der Waals surface area contributed by atoms with Crippen molar-refractivity contribution in [1.29, 1.82) is 0 Å². The van der Waals surface area contributed by atoms with Crippen LogP contribution in [0.4, 0.5) is 11.4 Å². The van der Waals surface area contributed by atoms with E-state index in [-0.39, 0.29) is 5.91 Å². The van der Waals surface area contributed by atoms with Gasteiger partial charge in [0.25, 0.3) is 5.91 Å². The number of hydrogen-bond donors (Lipinski definition) is 2. The SMILES string of the molecule is CN(C)CC1CCN(c2ccc(NC(=O)c3cnc4nc[nH]c4c3)cc2)CC1. The number of aromatic nitrogens is 3. The Morgan fingerprint density at radius 2 is 1.96 bits per heavy atom. The standard InChI is InChI=1S/C21H26N6O/c1-26(2)13-15-7-9-27(10-8-15)18-5-3-17(4-6-18)25-21(28)16-11-19-20(22-12-16)24-14-23-19/h3-6,11-12,14-15H,7-10,13H2,1-2H3,(H,25,28)(H,22,23,24). The van der Waals surface area contributed by atoms with Gasteiger partial charge >= 0.3 is 0 Å². The van der Waals surface area contributed by atoms with Crippen LogP contribution in [0.1, 0.15) is 23.2 Å². The molecule has 0 bridgehead atoms. The van der Waals surface area contributed by atoms with Crippen LogP contribution in [0, 0.1) is 5.92 Å². The molecule has 0 aliphatic carbocycles. The van der Waals surface area contributed by atoms with Gasteiger partial charge in [-0.3, -0.25) is 4.79 Å². The van der Waals surface area contributed by atoms with Crippen LogP contribution in [0.3, 0.4) is 0 Å². The number of imidazole rings is 1. The van der Waals surface area contributed by atoms with Crippen LogP contribution in [0.25, 0.3) is 11.2 Å². The molecule has 1 amide bonds. The van der Waals surface area contributed by atoms with E-state index in [9.17, 15) is 4.79 Å². The van der Waals surface area contributed by atoms with Gasteiger partial charge in [-0.15, -0.1) is 0 Å². The summed E-state index contributed by atoms with van der Waals surface area (Å²) in [6.07, 6.45) is 5.56. The Kier molecular flexibility index (Phi) is 5.25. The Bertz CT molecular complexity index is 941. The summed E-state index contributed by atoms with van der Waals surface area (Å²) in [7, 11) is 4.28. The summed E-state index contributed by atoms with van der Waals surface area (Å²) in [6.45, 7) is 3.33. The predicted molar refractivity (Wildman–Crippen MR) is 112 cm³/mol. The molecule has 2 N–H and O–H groups in total. The van der Waals surface area contributed by atoms with E-state index in [1.54, 1.807) is 18.6 Å². The summed E-state index contributed by atoms with van der Waals surface area (Å²) >= 11 is 0. The van der Waals surface area contributed by atoms with E-state index in [1.165, 1.54) is 18.5 Å². The first kappa shape index (κ1) is 18.4. The minimum atomic E-state index is -0.179. The second-order valence-corrected chi connectivity index (χ2v) is 7.69. The van der Waals surface area contributed by atoms with Gasteiger partial charge in [0, 0.05) is 37.2 Å².